The van der Waals surface area contributed by atoms with Crippen LogP contribution in [0, 0.1) is 0 Å². The Morgan fingerprint density at radius 1 is 1.03 bits per heavy atom. The van der Waals surface area contributed by atoms with E-state index in [1.54, 1.807) is 0 Å². The van der Waals surface area contributed by atoms with Gasteiger partial charge in [-0.05, 0) is 30.3 Å². The van der Waals surface area contributed by atoms with Crippen molar-refractivity contribution in [2.24, 2.45) is 0 Å². The Balaban J connectivity index is 2.08. The first-order valence-electron chi connectivity index (χ1n) is 8.45. The van der Waals surface area contributed by atoms with Crippen molar-refractivity contribution >= 4 is 33.0 Å². The first-order chi connectivity index (χ1) is 13.7. The summed E-state index contributed by atoms with van der Waals surface area (Å²) in [6.45, 7) is -0.222. The lowest BCUT2D eigenvalue weighted by atomic mass is 10.1. The van der Waals surface area contributed by atoms with E-state index in [1.165, 1.54) is 56.6 Å². The lowest BCUT2D eigenvalue weighted by Gasteiger charge is -2.29. The van der Waals surface area contributed by atoms with E-state index in [2.05, 4.69) is 5.32 Å². The maximum atomic E-state index is 13.2. The highest BCUT2D eigenvalue weighted by molar-refractivity contribution is 7.90. The first kappa shape index (κ1) is 20.5. The monoisotopic (exact) mass is 420 g/mol. The Labute approximate surface area is 168 Å². The average molecular weight is 420 g/mol. The molecule has 0 saturated heterocycles. The van der Waals surface area contributed by atoms with Crippen molar-refractivity contribution in [2.45, 2.75) is 4.90 Å². The van der Waals surface area contributed by atoms with Crippen LogP contribution in [0.5, 0.6) is 17.2 Å². The fourth-order valence-electron chi connectivity index (χ4n) is 3.04. The minimum absolute atomic E-state index is 0.0404. The van der Waals surface area contributed by atoms with Crippen LogP contribution in [0.1, 0.15) is 10.4 Å². The van der Waals surface area contributed by atoms with Crippen LogP contribution in [0.25, 0.3) is 0 Å². The molecule has 0 spiro atoms. The number of anilines is 2. The molecule has 154 valence electrons. The van der Waals surface area contributed by atoms with Gasteiger partial charge < -0.3 is 19.5 Å². The number of benzene rings is 2. The minimum Gasteiger partial charge on any atom is -0.493 e. The Kier molecular flexibility index (Phi) is 5.38. The van der Waals surface area contributed by atoms with Crippen molar-refractivity contribution in [3.05, 3.63) is 35.9 Å². The summed E-state index contributed by atoms with van der Waals surface area (Å²) in [5, 5.41) is 2.61. The van der Waals surface area contributed by atoms with Crippen molar-refractivity contribution in [1.29, 1.82) is 0 Å². The molecule has 0 fully saturated rings. The summed E-state index contributed by atoms with van der Waals surface area (Å²) < 4.78 is 39.4. The molecule has 2 aromatic rings. The molecule has 1 N–H and O–H groups in total. The van der Waals surface area contributed by atoms with Crippen LogP contribution in [0.15, 0.2) is 35.2 Å². The topological polar surface area (TPSA) is 111 Å². The Morgan fingerprint density at radius 2 is 1.66 bits per heavy atom. The molecule has 0 radical (unpaired) electrons. The molecule has 29 heavy (non-hydrogen) atoms. The van der Waals surface area contributed by atoms with Crippen LogP contribution < -0.4 is 24.4 Å². The summed E-state index contributed by atoms with van der Waals surface area (Å²) in [5.41, 5.74) is 0.841. The number of nitrogens with one attached hydrogen (secondary N) is 1. The Morgan fingerprint density at radius 3 is 2.17 bits per heavy atom. The Hall–Kier alpha value is -3.27. The van der Waals surface area contributed by atoms with Crippen molar-refractivity contribution in [1.82, 2.24) is 0 Å². The van der Waals surface area contributed by atoms with E-state index < -0.39 is 21.7 Å². The molecule has 0 aliphatic carbocycles. The predicted octanol–water partition coefficient (Wildman–Crippen LogP) is 1.71. The van der Waals surface area contributed by atoms with Crippen molar-refractivity contribution < 1.29 is 32.2 Å². The third kappa shape index (κ3) is 3.83. The summed E-state index contributed by atoms with van der Waals surface area (Å²) in [4.78, 5) is 26.7. The smallest absolute Gasteiger partial charge is 0.259 e. The van der Waals surface area contributed by atoms with Crippen molar-refractivity contribution in [2.75, 3.05) is 44.3 Å². The fraction of sp³-hybridized carbons (Fsp3) is 0.263. The molecule has 2 amide bonds. The van der Waals surface area contributed by atoms with Crippen LogP contribution in [0.3, 0.4) is 0 Å². The van der Waals surface area contributed by atoms with Crippen LogP contribution >= 0.6 is 0 Å². The van der Waals surface area contributed by atoms with Gasteiger partial charge >= 0.3 is 0 Å². The van der Waals surface area contributed by atoms with Gasteiger partial charge in [-0.1, -0.05) is 0 Å². The number of methoxy groups -OCH3 is 3. The van der Waals surface area contributed by atoms with Crippen LogP contribution in [-0.4, -0.2) is 54.4 Å². The SMILES string of the molecule is COc1cc(C(=O)N2CC(=O)Nc3cc(S(C)(=O)=O)ccc32)cc(OC)c1OC. The number of hydrogen-bond acceptors (Lipinski definition) is 7. The van der Waals surface area contributed by atoms with Crippen molar-refractivity contribution in [3.63, 3.8) is 0 Å². The van der Waals surface area contributed by atoms with Gasteiger partial charge in [0.1, 0.15) is 6.54 Å². The summed E-state index contributed by atoms with van der Waals surface area (Å²) in [7, 11) is 0.845. The number of amides is 2. The minimum atomic E-state index is -3.47. The van der Waals surface area contributed by atoms with Gasteiger partial charge in [0, 0.05) is 11.8 Å². The number of ether oxygens (including phenoxy) is 3. The summed E-state index contributed by atoms with van der Waals surface area (Å²) in [6, 6.07) is 7.18. The summed E-state index contributed by atoms with van der Waals surface area (Å²) in [6.07, 6.45) is 1.07. The van der Waals surface area contributed by atoms with Gasteiger partial charge in [-0.2, -0.15) is 0 Å². The Bertz CT molecular complexity index is 1070. The maximum Gasteiger partial charge on any atom is 0.259 e. The number of carbonyl (C=O) groups is 2. The second-order valence-corrected chi connectivity index (χ2v) is 8.32. The molecule has 1 aliphatic heterocycles. The number of rotatable bonds is 5. The van der Waals surface area contributed by atoms with Gasteiger partial charge in [-0.15, -0.1) is 0 Å². The van der Waals surface area contributed by atoms with E-state index in [1.807, 2.05) is 0 Å². The van der Waals surface area contributed by atoms with Gasteiger partial charge in [0.25, 0.3) is 5.91 Å². The molecule has 1 aliphatic rings. The van der Waals surface area contributed by atoms with E-state index in [0.29, 0.717) is 22.9 Å². The third-order valence-electron chi connectivity index (χ3n) is 4.42. The number of fused-ring (bicyclic) bond motifs is 1. The second-order valence-electron chi connectivity index (χ2n) is 6.30. The molecule has 0 aromatic heterocycles. The highest BCUT2D eigenvalue weighted by Gasteiger charge is 2.30. The predicted molar refractivity (Wildman–Crippen MR) is 106 cm³/mol. The normalized spacial score (nSPS) is 13.4. The van der Waals surface area contributed by atoms with E-state index in [-0.39, 0.29) is 22.7 Å². The first-order valence-corrected chi connectivity index (χ1v) is 10.3. The highest BCUT2D eigenvalue weighted by atomic mass is 32.2. The molecule has 3 rings (SSSR count). The molecule has 1 heterocycles. The van der Waals surface area contributed by atoms with Crippen LogP contribution in [0.4, 0.5) is 11.4 Å². The fourth-order valence-corrected chi connectivity index (χ4v) is 3.69. The third-order valence-corrected chi connectivity index (χ3v) is 5.53. The number of sulfone groups is 1. The summed E-state index contributed by atoms with van der Waals surface area (Å²) >= 11 is 0. The van der Waals surface area contributed by atoms with Gasteiger partial charge in [-0.3, -0.25) is 14.5 Å². The second kappa shape index (κ2) is 7.63. The van der Waals surface area contributed by atoms with Crippen molar-refractivity contribution in [3.8, 4) is 17.2 Å². The standard InChI is InChI=1S/C19H20N2O7S/c1-26-15-7-11(8-16(27-2)18(15)28-3)19(23)21-10-17(22)20-13-9-12(29(4,24)25)5-6-14(13)21/h5-9H,10H2,1-4H3,(H,20,22). The average Bonchev–Trinajstić information content (AvgIpc) is 2.70. The molecular weight excluding hydrogens is 400 g/mol. The van der Waals surface area contributed by atoms with E-state index >= 15 is 0 Å². The molecule has 10 heteroatoms. The van der Waals surface area contributed by atoms with Crippen LogP contribution in [0.2, 0.25) is 0 Å². The number of nitrogens with zero attached hydrogens (tertiary/aromatic N) is 1. The zero-order valence-electron chi connectivity index (χ0n) is 16.3. The largest absolute Gasteiger partial charge is 0.493 e. The zero-order valence-corrected chi connectivity index (χ0v) is 17.1. The molecule has 0 bridgehead atoms. The maximum absolute atomic E-state index is 13.2. The van der Waals surface area contributed by atoms with E-state index in [9.17, 15) is 18.0 Å². The lowest BCUT2D eigenvalue weighted by molar-refractivity contribution is -0.115. The zero-order chi connectivity index (χ0) is 21.3. The number of hydrogen-bond donors (Lipinski definition) is 1. The van der Waals surface area contributed by atoms with Gasteiger partial charge in [0.05, 0.1) is 37.6 Å². The van der Waals surface area contributed by atoms with Gasteiger partial charge in [-0.25, -0.2) is 8.42 Å². The van der Waals surface area contributed by atoms with Crippen LogP contribution in [-0.2, 0) is 14.6 Å². The van der Waals surface area contributed by atoms with E-state index in [4.69, 9.17) is 14.2 Å². The highest BCUT2D eigenvalue weighted by Crippen LogP contribution is 2.39. The quantitative estimate of drug-likeness (QED) is 0.784. The van der Waals surface area contributed by atoms with Gasteiger partial charge in [0.2, 0.25) is 11.7 Å². The number of carbonyl (C=O) groups excluding carboxylic acids is 2. The molecule has 0 atom stereocenters. The molecule has 0 saturated carbocycles. The molecule has 9 nitrogen and oxygen atoms in total. The lowest BCUT2D eigenvalue weighted by Crippen LogP contribution is -2.42. The summed E-state index contributed by atoms with van der Waals surface area (Å²) in [5.74, 6) is 0.00569. The molecule has 2 aromatic carbocycles. The van der Waals surface area contributed by atoms with Gasteiger partial charge in [0.15, 0.2) is 21.3 Å². The molecule has 0 unspecified atom stereocenters. The molecular formula is C19H20N2O7S. The van der Waals surface area contributed by atoms with E-state index in [0.717, 1.165) is 6.26 Å².